The molecule has 0 spiro atoms. The third-order valence-electron chi connectivity index (χ3n) is 2.76. The van der Waals surface area contributed by atoms with Crippen molar-refractivity contribution >= 4 is 65.6 Å². The summed E-state index contributed by atoms with van der Waals surface area (Å²) in [5.74, 6) is -0.204. The summed E-state index contributed by atoms with van der Waals surface area (Å²) in [5, 5.41) is 16.4. The van der Waals surface area contributed by atoms with Crippen molar-refractivity contribution in [2.24, 2.45) is 5.10 Å². The number of carbonyl (C=O) groups excluding carboxylic acids is 1. The third kappa shape index (κ3) is 5.33. The second-order valence-electron chi connectivity index (χ2n) is 4.45. The highest BCUT2D eigenvalue weighted by molar-refractivity contribution is 9.11. The summed E-state index contributed by atoms with van der Waals surface area (Å²) in [6.07, 6.45) is 1.39. The molecule has 0 aliphatic carbocycles. The molecule has 0 bridgehead atoms. The van der Waals surface area contributed by atoms with Gasteiger partial charge in [-0.05, 0) is 56.1 Å². The summed E-state index contributed by atoms with van der Waals surface area (Å²) >= 11 is 10.2. The number of benzene rings is 2. The van der Waals surface area contributed by atoms with Crippen LogP contribution in [-0.2, 0) is 4.79 Å². The molecule has 120 valence electrons. The number of hydrogen-bond acceptors (Lipinski definition) is 4. The fraction of sp³-hybridized carbons (Fsp3) is 0.0667. The van der Waals surface area contributed by atoms with Crippen molar-refractivity contribution in [3.8, 4) is 5.75 Å². The van der Waals surface area contributed by atoms with E-state index in [1.54, 1.807) is 24.3 Å². The molecule has 8 heteroatoms. The number of rotatable bonds is 5. The van der Waals surface area contributed by atoms with Gasteiger partial charge in [-0.2, -0.15) is 5.10 Å². The van der Waals surface area contributed by atoms with Crippen LogP contribution >= 0.6 is 47.8 Å². The molecule has 0 aliphatic rings. The monoisotopic (exact) mass is 503 g/mol. The van der Waals surface area contributed by atoms with Crippen LogP contribution in [0.1, 0.15) is 5.56 Å². The van der Waals surface area contributed by atoms with Crippen LogP contribution in [0.15, 0.2) is 54.9 Å². The first-order valence-corrected chi connectivity index (χ1v) is 8.83. The zero-order chi connectivity index (χ0) is 16.8. The van der Waals surface area contributed by atoms with Crippen molar-refractivity contribution in [3.63, 3.8) is 0 Å². The largest absolute Gasteiger partial charge is 0.507 e. The first-order valence-electron chi connectivity index (χ1n) is 6.45. The minimum absolute atomic E-state index is 0.0525. The fourth-order valence-electron chi connectivity index (χ4n) is 1.69. The van der Waals surface area contributed by atoms with E-state index in [0.717, 1.165) is 19.1 Å². The molecule has 0 atom stereocenters. The molecule has 0 saturated heterocycles. The summed E-state index contributed by atoms with van der Waals surface area (Å²) in [5.41, 5.74) is 3.69. The molecule has 0 aromatic heterocycles. The second-order valence-corrected chi connectivity index (χ2v) is 7.07. The van der Waals surface area contributed by atoms with E-state index >= 15 is 0 Å². The number of amides is 1. The van der Waals surface area contributed by atoms with Crippen LogP contribution in [-0.4, -0.2) is 23.8 Å². The lowest BCUT2D eigenvalue weighted by atomic mass is 10.2. The molecule has 2 aromatic rings. The number of halogens is 3. The Bertz CT molecular complexity index is 727. The van der Waals surface area contributed by atoms with Gasteiger partial charge < -0.3 is 10.4 Å². The van der Waals surface area contributed by atoms with Gasteiger partial charge in [0.05, 0.1) is 18.4 Å². The number of phenols is 1. The molecule has 0 heterocycles. The molecule has 23 heavy (non-hydrogen) atoms. The third-order valence-corrected chi connectivity index (χ3v) is 4.47. The summed E-state index contributed by atoms with van der Waals surface area (Å²) in [7, 11) is 0. The first kappa shape index (κ1) is 18.0. The minimum atomic E-state index is -0.307. The van der Waals surface area contributed by atoms with Crippen LogP contribution in [0.5, 0.6) is 5.75 Å². The van der Waals surface area contributed by atoms with E-state index in [2.05, 4.69) is 63.6 Å². The van der Waals surface area contributed by atoms with Gasteiger partial charge in [0, 0.05) is 19.0 Å². The number of nitrogens with one attached hydrogen (secondary N) is 2. The predicted octanol–water partition coefficient (Wildman–Crippen LogP) is 4.24. The predicted molar refractivity (Wildman–Crippen MR) is 102 cm³/mol. The lowest BCUT2D eigenvalue weighted by Crippen LogP contribution is -2.26. The molecule has 5 nitrogen and oxygen atoms in total. The Morgan fingerprint density at radius 2 is 1.83 bits per heavy atom. The average molecular weight is 506 g/mol. The maximum atomic E-state index is 11.8. The highest BCUT2D eigenvalue weighted by Crippen LogP contribution is 2.34. The molecular formula is C15H12Br3N3O2. The van der Waals surface area contributed by atoms with Crippen molar-refractivity contribution in [1.82, 2.24) is 5.43 Å². The van der Waals surface area contributed by atoms with Gasteiger partial charge in [0.2, 0.25) is 0 Å². The lowest BCUT2D eigenvalue weighted by molar-refractivity contribution is -0.119. The number of hydrazone groups is 1. The maximum Gasteiger partial charge on any atom is 0.259 e. The summed E-state index contributed by atoms with van der Waals surface area (Å²) < 4.78 is 2.56. The van der Waals surface area contributed by atoms with Crippen LogP contribution in [0.4, 0.5) is 5.69 Å². The standard InChI is InChI=1S/C15H12Br3N3O2/c16-10-5-11(17)15(12(18)6-10)19-8-14(23)21-20-7-9-3-1-2-4-13(9)22/h1-7,19,22H,8H2,(H,21,23)/b20-7-. The summed E-state index contributed by atoms with van der Waals surface area (Å²) in [6.45, 7) is 0.0525. The smallest absolute Gasteiger partial charge is 0.259 e. The van der Waals surface area contributed by atoms with Crippen LogP contribution < -0.4 is 10.7 Å². The number of aromatic hydroxyl groups is 1. The number of nitrogens with zero attached hydrogens (tertiary/aromatic N) is 1. The molecular weight excluding hydrogens is 494 g/mol. The van der Waals surface area contributed by atoms with Gasteiger partial charge in [0.25, 0.3) is 5.91 Å². The highest BCUT2D eigenvalue weighted by Gasteiger charge is 2.08. The zero-order valence-electron chi connectivity index (χ0n) is 11.7. The Balaban J connectivity index is 1.90. The SMILES string of the molecule is O=C(CNc1c(Br)cc(Br)cc1Br)N/N=C\c1ccccc1O. The van der Waals surface area contributed by atoms with Crippen molar-refractivity contribution in [3.05, 3.63) is 55.4 Å². The summed E-state index contributed by atoms with van der Waals surface area (Å²) in [6, 6.07) is 10.5. The van der Waals surface area contributed by atoms with Gasteiger partial charge in [-0.25, -0.2) is 5.43 Å². The molecule has 3 N–H and O–H groups in total. The molecule has 1 amide bonds. The highest BCUT2D eigenvalue weighted by atomic mass is 79.9. The van der Waals surface area contributed by atoms with Crippen LogP contribution in [0.2, 0.25) is 0 Å². The van der Waals surface area contributed by atoms with Gasteiger partial charge in [-0.3, -0.25) is 4.79 Å². The summed E-state index contributed by atoms with van der Waals surface area (Å²) in [4.78, 5) is 11.8. The molecule has 0 fully saturated rings. The van der Waals surface area contributed by atoms with Crippen molar-refractivity contribution in [2.75, 3.05) is 11.9 Å². The molecule has 2 rings (SSSR count). The van der Waals surface area contributed by atoms with Gasteiger partial charge in [-0.15, -0.1) is 0 Å². The Hall–Kier alpha value is -1.38. The average Bonchev–Trinajstić information content (AvgIpc) is 2.48. The second kappa shape index (κ2) is 8.47. The minimum Gasteiger partial charge on any atom is -0.507 e. The number of phenolic OH excluding ortho intramolecular Hbond substituents is 1. The first-order chi connectivity index (χ1) is 11.0. The van der Waals surface area contributed by atoms with Crippen LogP contribution in [0.25, 0.3) is 0 Å². The zero-order valence-corrected chi connectivity index (χ0v) is 16.4. The van der Waals surface area contributed by atoms with Crippen molar-refractivity contribution in [2.45, 2.75) is 0 Å². The Kier molecular flexibility index (Phi) is 6.61. The number of para-hydroxylation sites is 1. The number of anilines is 1. The molecule has 2 aromatic carbocycles. The van der Waals surface area contributed by atoms with E-state index in [-0.39, 0.29) is 18.2 Å². The van der Waals surface area contributed by atoms with Gasteiger partial charge in [0.15, 0.2) is 0 Å². The van der Waals surface area contributed by atoms with E-state index in [0.29, 0.717) is 5.56 Å². The van der Waals surface area contributed by atoms with Crippen LogP contribution in [0, 0.1) is 0 Å². The van der Waals surface area contributed by atoms with Crippen molar-refractivity contribution in [1.29, 1.82) is 0 Å². The molecule has 0 radical (unpaired) electrons. The molecule has 0 unspecified atom stereocenters. The van der Waals surface area contributed by atoms with Gasteiger partial charge in [0.1, 0.15) is 5.75 Å². The number of hydrogen-bond donors (Lipinski definition) is 3. The molecule has 0 aliphatic heterocycles. The fourth-order valence-corrected chi connectivity index (χ4v) is 4.23. The van der Waals surface area contributed by atoms with Crippen LogP contribution in [0.3, 0.4) is 0 Å². The Morgan fingerprint density at radius 1 is 1.17 bits per heavy atom. The Labute approximate surface area is 158 Å². The number of carbonyl (C=O) groups is 1. The topological polar surface area (TPSA) is 73.7 Å². The van der Waals surface area contributed by atoms with Gasteiger partial charge in [-0.1, -0.05) is 28.1 Å². The van der Waals surface area contributed by atoms with E-state index < -0.39 is 0 Å². The van der Waals surface area contributed by atoms with E-state index in [9.17, 15) is 9.90 Å². The molecule has 0 saturated carbocycles. The van der Waals surface area contributed by atoms with E-state index in [4.69, 9.17) is 0 Å². The van der Waals surface area contributed by atoms with E-state index in [1.807, 2.05) is 12.1 Å². The normalized spacial score (nSPS) is 10.7. The quantitative estimate of drug-likeness (QED) is 0.420. The van der Waals surface area contributed by atoms with E-state index in [1.165, 1.54) is 6.21 Å². The Morgan fingerprint density at radius 3 is 2.48 bits per heavy atom. The maximum absolute atomic E-state index is 11.8. The van der Waals surface area contributed by atoms with Crippen molar-refractivity contribution < 1.29 is 9.90 Å². The van der Waals surface area contributed by atoms with Gasteiger partial charge >= 0.3 is 0 Å². The lowest BCUT2D eigenvalue weighted by Gasteiger charge is -2.10.